The molecule has 37 heavy (non-hydrogen) atoms. The number of thioether (sulfide) groups is 1. The maximum absolute atomic E-state index is 12.8. The fourth-order valence-electron chi connectivity index (χ4n) is 4.10. The van der Waals surface area contributed by atoms with E-state index in [0.717, 1.165) is 46.3 Å². The van der Waals surface area contributed by atoms with Crippen LogP contribution in [0.5, 0.6) is 11.5 Å². The molecule has 0 saturated carbocycles. The van der Waals surface area contributed by atoms with Crippen molar-refractivity contribution in [2.75, 3.05) is 38.7 Å². The number of methoxy groups -OCH3 is 1. The van der Waals surface area contributed by atoms with Gasteiger partial charge in [-0.2, -0.15) is 0 Å². The van der Waals surface area contributed by atoms with Crippen molar-refractivity contribution < 1.29 is 28.7 Å². The zero-order chi connectivity index (χ0) is 26.5. The van der Waals surface area contributed by atoms with Crippen molar-refractivity contribution in [3.8, 4) is 11.5 Å². The fraction of sp³-hybridized carbons (Fsp3) is 0.333. The Labute approximate surface area is 219 Å². The monoisotopic (exact) mass is 523 g/mol. The van der Waals surface area contributed by atoms with Crippen molar-refractivity contribution in [1.82, 2.24) is 9.80 Å². The van der Waals surface area contributed by atoms with Gasteiger partial charge in [-0.05, 0) is 79.4 Å². The number of carbonyl (C=O) groups excluding carboxylic acids is 4. The van der Waals surface area contributed by atoms with Crippen LogP contribution in [0, 0.1) is 13.8 Å². The minimum absolute atomic E-state index is 0.215. The number of imide groups is 1. The lowest BCUT2D eigenvalue weighted by Crippen LogP contribution is -2.40. The predicted molar refractivity (Wildman–Crippen MR) is 142 cm³/mol. The molecule has 9 nitrogen and oxygen atoms in total. The summed E-state index contributed by atoms with van der Waals surface area (Å²) in [6.45, 7) is 4.77. The van der Waals surface area contributed by atoms with E-state index in [1.165, 1.54) is 7.11 Å². The molecular formula is C27H29N3O6S. The van der Waals surface area contributed by atoms with Gasteiger partial charge in [-0.15, -0.1) is 0 Å². The maximum atomic E-state index is 12.8. The van der Waals surface area contributed by atoms with Crippen LogP contribution in [0.3, 0.4) is 0 Å². The fourth-order valence-corrected chi connectivity index (χ4v) is 4.94. The zero-order valence-electron chi connectivity index (χ0n) is 21.0. The number of hydrogen-bond donors (Lipinski definition) is 1. The standard InChI is InChI=1S/C27H29N3O6S/c1-17-7-6-8-20(18(17)2)28-24(31)16-36-21-10-9-19(13-22(21)35-3)14-23-26(33)30(27(34)37-23)15-25(32)29-11-4-5-12-29/h6-10,13-14H,4-5,11-12,15-16H2,1-3H3,(H,28,31)/b23-14-. The van der Waals surface area contributed by atoms with E-state index in [1.807, 2.05) is 32.0 Å². The largest absolute Gasteiger partial charge is 0.493 e. The highest BCUT2D eigenvalue weighted by Gasteiger charge is 2.37. The van der Waals surface area contributed by atoms with Crippen molar-refractivity contribution in [3.05, 3.63) is 58.0 Å². The summed E-state index contributed by atoms with van der Waals surface area (Å²) in [5.41, 5.74) is 3.40. The second-order valence-electron chi connectivity index (χ2n) is 8.85. The Balaban J connectivity index is 1.39. The molecule has 194 valence electrons. The molecule has 0 unspecified atom stereocenters. The van der Waals surface area contributed by atoms with Gasteiger partial charge in [0.15, 0.2) is 18.1 Å². The van der Waals surface area contributed by atoms with Crippen LogP contribution in [0.1, 0.15) is 29.5 Å². The van der Waals surface area contributed by atoms with Crippen LogP contribution in [0.25, 0.3) is 6.08 Å². The molecule has 2 fully saturated rings. The van der Waals surface area contributed by atoms with Crippen molar-refractivity contribution in [3.63, 3.8) is 0 Å². The van der Waals surface area contributed by atoms with Crippen LogP contribution in [0.15, 0.2) is 41.3 Å². The van der Waals surface area contributed by atoms with Crippen molar-refractivity contribution in [2.45, 2.75) is 26.7 Å². The normalized spacial score (nSPS) is 16.5. The number of anilines is 1. The summed E-state index contributed by atoms with van der Waals surface area (Å²) < 4.78 is 11.1. The van der Waals surface area contributed by atoms with Crippen LogP contribution in [-0.2, 0) is 14.4 Å². The number of ether oxygens (including phenoxy) is 2. The summed E-state index contributed by atoms with van der Waals surface area (Å²) in [6.07, 6.45) is 3.45. The first-order valence-electron chi connectivity index (χ1n) is 12.0. The number of carbonyl (C=O) groups is 4. The number of aryl methyl sites for hydroxylation is 1. The first-order chi connectivity index (χ1) is 17.8. The van der Waals surface area contributed by atoms with Gasteiger partial charge in [-0.25, -0.2) is 0 Å². The maximum Gasteiger partial charge on any atom is 0.294 e. The summed E-state index contributed by atoms with van der Waals surface area (Å²) in [5.74, 6) is -0.287. The Bertz CT molecular complexity index is 1270. The van der Waals surface area contributed by atoms with Gasteiger partial charge in [0.1, 0.15) is 6.54 Å². The van der Waals surface area contributed by atoms with Gasteiger partial charge >= 0.3 is 0 Å². The first kappa shape index (κ1) is 26.3. The van der Waals surface area contributed by atoms with E-state index < -0.39 is 11.1 Å². The Kier molecular flexibility index (Phi) is 8.17. The van der Waals surface area contributed by atoms with Crippen LogP contribution in [-0.4, -0.2) is 66.1 Å². The topological polar surface area (TPSA) is 105 Å². The summed E-state index contributed by atoms with van der Waals surface area (Å²) in [4.78, 5) is 52.9. The lowest BCUT2D eigenvalue weighted by molar-refractivity contribution is -0.135. The van der Waals surface area contributed by atoms with Gasteiger partial charge in [0.25, 0.3) is 17.1 Å². The van der Waals surface area contributed by atoms with Crippen LogP contribution < -0.4 is 14.8 Å². The van der Waals surface area contributed by atoms with Crippen molar-refractivity contribution >= 4 is 46.5 Å². The van der Waals surface area contributed by atoms with Gasteiger partial charge < -0.3 is 19.7 Å². The van der Waals surface area contributed by atoms with E-state index in [4.69, 9.17) is 9.47 Å². The number of nitrogens with zero attached hydrogens (tertiary/aromatic N) is 2. The molecule has 1 N–H and O–H groups in total. The molecule has 2 aromatic rings. The highest BCUT2D eigenvalue weighted by Crippen LogP contribution is 2.34. The third-order valence-electron chi connectivity index (χ3n) is 6.35. The summed E-state index contributed by atoms with van der Waals surface area (Å²) >= 11 is 0.799. The second kappa shape index (κ2) is 11.5. The molecule has 0 radical (unpaired) electrons. The van der Waals surface area contributed by atoms with E-state index in [0.29, 0.717) is 30.2 Å². The van der Waals surface area contributed by atoms with Crippen LogP contribution >= 0.6 is 11.8 Å². The quantitative estimate of drug-likeness (QED) is 0.522. The molecule has 2 aliphatic rings. The van der Waals surface area contributed by atoms with E-state index in [-0.39, 0.29) is 29.9 Å². The molecule has 0 spiro atoms. The number of nitrogens with one attached hydrogen (secondary N) is 1. The van der Waals surface area contributed by atoms with E-state index >= 15 is 0 Å². The van der Waals surface area contributed by atoms with E-state index in [2.05, 4.69) is 5.32 Å². The lowest BCUT2D eigenvalue weighted by atomic mass is 10.1. The molecule has 2 aliphatic heterocycles. The van der Waals surface area contributed by atoms with Gasteiger partial charge in [0, 0.05) is 18.8 Å². The average molecular weight is 524 g/mol. The highest BCUT2D eigenvalue weighted by molar-refractivity contribution is 8.18. The molecule has 0 aliphatic carbocycles. The van der Waals surface area contributed by atoms with E-state index in [9.17, 15) is 19.2 Å². The van der Waals surface area contributed by atoms with Gasteiger partial charge in [0.2, 0.25) is 5.91 Å². The molecule has 0 bridgehead atoms. The van der Waals surface area contributed by atoms with Crippen LogP contribution in [0.2, 0.25) is 0 Å². The SMILES string of the molecule is COc1cc(/C=C2\SC(=O)N(CC(=O)N3CCCC3)C2=O)ccc1OCC(=O)Nc1cccc(C)c1C. The molecule has 4 rings (SSSR count). The minimum atomic E-state index is -0.495. The number of amides is 4. The summed E-state index contributed by atoms with van der Waals surface area (Å²) in [6, 6.07) is 10.7. The van der Waals surface area contributed by atoms with Gasteiger partial charge in [-0.3, -0.25) is 24.1 Å². The molecule has 2 aromatic carbocycles. The number of likely N-dealkylation sites (tertiary alicyclic amines) is 1. The van der Waals surface area contributed by atoms with E-state index in [1.54, 1.807) is 29.2 Å². The Morgan fingerprint density at radius 2 is 1.84 bits per heavy atom. The van der Waals surface area contributed by atoms with Gasteiger partial charge in [0.05, 0.1) is 12.0 Å². The second-order valence-corrected chi connectivity index (χ2v) is 9.84. The van der Waals surface area contributed by atoms with Crippen molar-refractivity contribution in [2.24, 2.45) is 0 Å². The molecule has 0 aromatic heterocycles. The number of benzene rings is 2. The predicted octanol–water partition coefficient (Wildman–Crippen LogP) is 3.99. The molecular weight excluding hydrogens is 494 g/mol. The molecule has 10 heteroatoms. The van der Waals surface area contributed by atoms with Gasteiger partial charge in [-0.1, -0.05) is 18.2 Å². The third-order valence-corrected chi connectivity index (χ3v) is 7.26. The number of hydrogen-bond acceptors (Lipinski definition) is 7. The first-order valence-corrected chi connectivity index (χ1v) is 12.8. The molecule has 4 amide bonds. The zero-order valence-corrected chi connectivity index (χ0v) is 21.9. The van der Waals surface area contributed by atoms with Crippen molar-refractivity contribution in [1.29, 1.82) is 0 Å². The Morgan fingerprint density at radius 1 is 1.08 bits per heavy atom. The molecule has 2 heterocycles. The average Bonchev–Trinajstić information content (AvgIpc) is 3.51. The van der Waals surface area contributed by atoms with Crippen LogP contribution in [0.4, 0.5) is 10.5 Å². The Morgan fingerprint density at radius 3 is 2.57 bits per heavy atom. The highest BCUT2D eigenvalue weighted by atomic mass is 32.2. The molecule has 2 saturated heterocycles. The minimum Gasteiger partial charge on any atom is -0.493 e. The third kappa shape index (κ3) is 6.14. The Hall–Kier alpha value is -3.79. The lowest BCUT2D eigenvalue weighted by Gasteiger charge is -2.18. The summed E-state index contributed by atoms with van der Waals surface area (Å²) in [5, 5.41) is 2.38. The smallest absolute Gasteiger partial charge is 0.294 e. The summed E-state index contributed by atoms with van der Waals surface area (Å²) in [7, 11) is 1.47. The number of rotatable bonds is 8. The molecule has 0 atom stereocenters.